The Morgan fingerprint density at radius 3 is 2.73 bits per heavy atom. The third kappa shape index (κ3) is 5.21. The largest absolute Gasteiger partial charge is 0.462 e. The second-order valence-electron chi connectivity index (χ2n) is 6.69. The second kappa shape index (κ2) is 9.49. The topological polar surface area (TPSA) is 89.0 Å². The van der Waals surface area contributed by atoms with E-state index in [1.54, 1.807) is 31.5 Å². The lowest BCUT2D eigenvalue weighted by atomic mass is 10.1. The number of pyridine rings is 1. The van der Waals surface area contributed by atoms with Crippen molar-refractivity contribution in [2.75, 3.05) is 17.2 Å². The molecule has 0 radical (unpaired) electrons. The summed E-state index contributed by atoms with van der Waals surface area (Å²) in [5.74, 6) is -0.0927. The van der Waals surface area contributed by atoms with E-state index in [9.17, 15) is 9.18 Å². The maximum Gasteiger partial charge on any atom is 0.339 e. The van der Waals surface area contributed by atoms with Crippen LogP contribution in [-0.2, 0) is 4.74 Å². The highest BCUT2D eigenvalue weighted by Crippen LogP contribution is 2.29. The Morgan fingerprint density at radius 2 is 2.03 bits per heavy atom. The minimum atomic E-state index is -0.505. The van der Waals surface area contributed by atoms with Gasteiger partial charge in [-0.1, -0.05) is 11.6 Å². The van der Waals surface area contributed by atoms with Crippen LogP contribution in [0.1, 0.15) is 31.1 Å². The highest BCUT2D eigenvalue weighted by atomic mass is 35.5. The van der Waals surface area contributed by atoms with Crippen LogP contribution in [0.5, 0.6) is 0 Å². The van der Waals surface area contributed by atoms with E-state index in [4.69, 9.17) is 16.3 Å². The number of rotatable bonds is 7. The summed E-state index contributed by atoms with van der Waals surface area (Å²) in [6.45, 7) is 5.98. The Morgan fingerprint density at radius 1 is 1.23 bits per heavy atom. The molecule has 0 aliphatic heterocycles. The molecule has 7 nitrogen and oxygen atoms in total. The third-order valence-corrected chi connectivity index (χ3v) is 4.24. The van der Waals surface area contributed by atoms with Crippen molar-refractivity contribution >= 4 is 35.0 Å². The molecule has 9 heteroatoms. The molecule has 0 bridgehead atoms. The summed E-state index contributed by atoms with van der Waals surface area (Å²) >= 11 is 5.84. The molecule has 0 atom stereocenters. The van der Waals surface area contributed by atoms with Gasteiger partial charge in [0, 0.05) is 41.4 Å². The number of hydrogen-bond acceptors (Lipinski definition) is 7. The lowest BCUT2D eigenvalue weighted by Crippen LogP contribution is -2.13. The fourth-order valence-electron chi connectivity index (χ4n) is 2.65. The number of hydrogen-bond donors (Lipinski definition) is 2. The van der Waals surface area contributed by atoms with Crippen molar-refractivity contribution in [3.8, 4) is 11.1 Å². The SMILES string of the molecule is CCOC(=O)c1cncc(-c2cnc(Nc3ccc(F)c(Cl)c3)nc2NC(C)C)c1. The Bertz CT molecular complexity index is 1060. The number of halogens is 2. The van der Waals surface area contributed by atoms with Gasteiger partial charge in [-0.2, -0.15) is 4.98 Å². The number of esters is 1. The highest BCUT2D eigenvalue weighted by molar-refractivity contribution is 6.31. The third-order valence-electron chi connectivity index (χ3n) is 3.95. The van der Waals surface area contributed by atoms with Gasteiger partial charge in [0.1, 0.15) is 11.6 Å². The zero-order chi connectivity index (χ0) is 21.7. The summed E-state index contributed by atoms with van der Waals surface area (Å²) in [4.78, 5) is 25.1. The molecule has 0 aliphatic carbocycles. The van der Waals surface area contributed by atoms with Gasteiger partial charge in [-0.05, 0) is 45.0 Å². The molecule has 1 aromatic carbocycles. The van der Waals surface area contributed by atoms with Gasteiger partial charge in [-0.3, -0.25) is 4.98 Å². The molecule has 0 aliphatic rings. The first-order valence-corrected chi connectivity index (χ1v) is 9.73. The van der Waals surface area contributed by atoms with E-state index >= 15 is 0 Å². The minimum Gasteiger partial charge on any atom is -0.462 e. The first-order valence-electron chi connectivity index (χ1n) is 9.35. The zero-order valence-electron chi connectivity index (χ0n) is 16.7. The predicted molar refractivity (Wildman–Crippen MR) is 115 cm³/mol. The molecule has 30 heavy (non-hydrogen) atoms. The van der Waals surface area contributed by atoms with Crippen molar-refractivity contribution in [3.05, 3.63) is 59.3 Å². The quantitative estimate of drug-likeness (QED) is 0.506. The highest BCUT2D eigenvalue weighted by Gasteiger charge is 2.14. The summed E-state index contributed by atoms with van der Waals surface area (Å²) in [6, 6.07) is 6.03. The number of nitrogens with one attached hydrogen (secondary N) is 2. The fourth-order valence-corrected chi connectivity index (χ4v) is 2.83. The van der Waals surface area contributed by atoms with Crippen molar-refractivity contribution in [2.24, 2.45) is 0 Å². The van der Waals surface area contributed by atoms with Crippen molar-refractivity contribution in [3.63, 3.8) is 0 Å². The van der Waals surface area contributed by atoms with Gasteiger partial charge < -0.3 is 15.4 Å². The summed E-state index contributed by atoms with van der Waals surface area (Å²) in [6.07, 6.45) is 4.70. The van der Waals surface area contributed by atoms with E-state index in [2.05, 4.69) is 25.6 Å². The minimum absolute atomic E-state index is 0.000922. The molecule has 0 fully saturated rings. The van der Waals surface area contributed by atoms with Crippen LogP contribution >= 0.6 is 11.6 Å². The number of carbonyl (C=O) groups is 1. The Balaban J connectivity index is 1.96. The molecule has 2 aromatic heterocycles. The van der Waals surface area contributed by atoms with Crippen molar-refractivity contribution < 1.29 is 13.9 Å². The predicted octanol–water partition coefficient (Wildman–Crippen LogP) is 5.07. The van der Waals surface area contributed by atoms with Crippen LogP contribution in [0.3, 0.4) is 0 Å². The van der Waals surface area contributed by atoms with Crippen LogP contribution in [0.2, 0.25) is 5.02 Å². The molecule has 2 heterocycles. The van der Waals surface area contributed by atoms with Gasteiger partial charge in [0.25, 0.3) is 0 Å². The average Bonchev–Trinajstić information content (AvgIpc) is 2.71. The van der Waals surface area contributed by atoms with E-state index in [1.165, 1.54) is 18.3 Å². The average molecular weight is 430 g/mol. The summed E-state index contributed by atoms with van der Waals surface area (Å²) in [5, 5.41) is 6.28. The van der Waals surface area contributed by atoms with E-state index in [0.717, 1.165) is 0 Å². The first kappa shape index (κ1) is 21.4. The molecular weight excluding hydrogens is 409 g/mol. The molecule has 156 valence electrons. The smallest absolute Gasteiger partial charge is 0.339 e. The van der Waals surface area contributed by atoms with Crippen LogP contribution in [0.15, 0.2) is 42.9 Å². The maximum absolute atomic E-state index is 13.4. The standard InChI is InChI=1S/C21H21ClFN5O2/c1-4-30-20(29)14-7-13(9-24-10-14)16-11-25-21(28-19(16)26-12(2)3)27-15-5-6-18(23)17(22)8-15/h5-12H,4H2,1-3H3,(H2,25,26,27,28). The molecule has 0 saturated carbocycles. The normalized spacial score (nSPS) is 10.7. The van der Waals surface area contributed by atoms with Gasteiger partial charge in [0.15, 0.2) is 0 Å². The summed E-state index contributed by atoms with van der Waals surface area (Å²) in [5.41, 5.74) is 2.23. The maximum atomic E-state index is 13.4. The number of carbonyl (C=O) groups excluding carboxylic acids is 1. The van der Waals surface area contributed by atoms with Crippen molar-refractivity contribution in [1.82, 2.24) is 15.0 Å². The molecule has 0 spiro atoms. The first-order chi connectivity index (χ1) is 14.4. The summed E-state index contributed by atoms with van der Waals surface area (Å²) in [7, 11) is 0. The van der Waals surface area contributed by atoms with Crippen molar-refractivity contribution in [2.45, 2.75) is 26.8 Å². The molecular formula is C21H21ClFN5O2. The number of aromatic nitrogens is 3. The van der Waals surface area contributed by atoms with Gasteiger partial charge >= 0.3 is 5.97 Å². The van der Waals surface area contributed by atoms with E-state index in [-0.39, 0.29) is 17.7 Å². The van der Waals surface area contributed by atoms with Gasteiger partial charge in [0.05, 0.1) is 17.2 Å². The Labute approximate surface area is 178 Å². The molecule has 0 saturated heterocycles. The van der Waals surface area contributed by atoms with Gasteiger partial charge in [0.2, 0.25) is 5.95 Å². The number of benzene rings is 1. The van der Waals surface area contributed by atoms with Crippen molar-refractivity contribution in [1.29, 1.82) is 0 Å². The number of anilines is 3. The Kier molecular flexibility index (Phi) is 6.79. The lowest BCUT2D eigenvalue weighted by Gasteiger charge is -2.15. The van der Waals surface area contributed by atoms with Crippen LogP contribution in [-0.4, -0.2) is 33.6 Å². The zero-order valence-corrected chi connectivity index (χ0v) is 17.5. The monoisotopic (exact) mass is 429 g/mol. The molecule has 2 N–H and O–H groups in total. The molecule has 3 aromatic rings. The molecule has 0 amide bonds. The Hall–Kier alpha value is -3.26. The van der Waals surface area contributed by atoms with Gasteiger partial charge in [-0.15, -0.1) is 0 Å². The second-order valence-corrected chi connectivity index (χ2v) is 7.10. The fraction of sp³-hybridized carbons (Fsp3) is 0.238. The number of ether oxygens (including phenoxy) is 1. The number of nitrogens with zero attached hydrogens (tertiary/aromatic N) is 3. The van der Waals surface area contributed by atoms with Crippen LogP contribution in [0.25, 0.3) is 11.1 Å². The van der Waals surface area contributed by atoms with E-state index in [1.807, 2.05) is 13.8 Å². The van der Waals surface area contributed by atoms with Crippen LogP contribution < -0.4 is 10.6 Å². The van der Waals surface area contributed by atoms with Crippen LogP contribution in [0.4, 0.5) is 21.8 Å². The molecule has 0 unspecified atom stereocenters. The van der Waals surface area contributed by atoms with Crippen LogP contribution in [0, 0.1) is 5.82 Å². The van der Waals surface area contributed by atoms with Gasteiger partial charge in [-0.25, -0.2) is 14.2 Å². The van der Waals surface area contributed by atoms with E-state index in [0.29, 0.717) is 34.1 Å². The molecule has 3 rings (SSSR count). The summed E-state index contributed by atoms with van der Waals surface area (Å²) < 4.78 is 18.4. The van der Waals surface area contributed by atoms with E-state index < -0.39 is 11.8 Å². The lowest BCUT2D eigenvalue weighted by molar-refractivity contribution is 0.0526.